The van der Waals surface area contributed by atoms with Crippen LogP contribution in [0.25, 0.3) is 0 Å². The van der Waals surface area contributed by atoms with Gasteiger partial charge in [-0.05, 0) is 43.2 Å². The van der Waals surface area contributed by atoms with Gasteiger partial charge in [0.15, 0.2) is 0 Å². The van der Waals surface area contributed by atoms with E-state index in [1.807, 2.05) is 6.92 Å². The summed E-state index contributed by atoms with van der Waals surface area (Å²) in [5.41, 5.74) is 0.847. The van der Waals surface area contributed by atoms with E-state index >= 15 is 0 Å². The summed E-state index contributed by atoms with van der Waals surface area (Å²) in [5, 5.41) is 3.27. The van der Waals surface area contributed by atoms with Crippen molar-refractivity contribution in [1.29, 1.82) is 0 Å². The number of amides is 2. The molecule has 2 aromatic carbocycles. The minimum Gasteiger partial charge on any atom is -0.497 e. The molecule has 0 aliphatic heterocycles. The molecule has 2 aromatic rings. The van der Waals surface area contributed by atoms with E-state index in [9.17, 15) is 18.0 Å². The van der Waals surface area contributed by atoms with Crippen molar-refractivity contribution in [2.24, 2.45) is 0 Å². The van der Waals surface area contributed by atoms with Crippen molar-refractivity contribution < 1.29 is 27.5 Å². The first-order chi connectivity index (χ1) is 16.5. The molecule has 9 nitrogen and oxygen atoms in total. The van der Waals surface area contributed by atoms with Gasteiger partial charge in [-0.25, -0.2) is 8.42 Å². The van der Waals surface area contributed by atoms with Crippen molar-refractivity contribution in [3.05, 3.63) is 53.1 Å². The predicted octanol–water partition coefficient (Wildman–Crippen LogP) is 3.07. The molecule has 0 saturated heterocycles. The van der Waals surface area contributed by atoms with Crippen LogP contribution in [0.2, 0.25) is 5.02 Å². The number of carbonyl (C=O) groups excluding carboxylic acids is 2. The molecule has 1 atom stereocenters. The standard InChI is InChI=1S/C24H32ClN3O6S/c1-6-12-26-24(30)17(2)27(15-18-8-7-9-19(25)13-18)23(29)16-28(35(5,31)32)21-14-20(33-3)10-11-22(21)34-4/h7-11,13-14,17H,6,12,15-16H2,1-5H3,(H,26,30)/t17-/m1/s1. The Bertz CT molecular complexity index is 1140. The van der Waals surface area contributed by atoms with Gasteiger partial charge >= 0.3 is 0 Å². The Labute approximate surface area is 212 Å². The summed E-state index contributed by atoms with van der Waals surface area (Å²) in [4.78, 5) is 27.6. The maximum atomic E-state index is 13.6. The van der Waals surface area contributed by atoms with Crippen molar-refractivity contribution in [1.82, 2.24) is 10.2 Å². The first-order valence-corrected chi connectivity index (χ1v) is 13.3. The third-order valence-corrected chi connectivity index (χ3v) is 6.65. The van der Waals surface area contributed by atoms with E-state index < -0.39 is 28.5 Å². The van der Waals surface area contributed by atoms with Crippen LogP contribution in [-0.4, -0.2) is 64.7 Å². The molecule has 1 N–H and O–H groups in total. The SMILES string of the molecule is CCCNC(=O)[C@@H](C)N(Cc1cccc(Cl)c1)C(=O)CN(c1cc(OC)ccc1OC)S(C)(=O)=O. The second kappa shape index (κ2) is 12.6. The van der Waals surface area contributed by atoms with Gasteiger partial charge in [-0.1, -0.05) is 30.7 Å². The fourth-order valence-corrected chi connectivity index (χ4v) is 4.45. The molecule has 0 aliphatic carbocycles. The van der Waals surface area contributed by atoms with Gasteiger partial charge in [0, 0.05) is 24.2 Å². The molecular weight excluding hydrogens is 494 g/mol. The zero-order chi connectivity index (χ0) is 26.2. The highest BCUT2D eigenvalue weighted by atomic mass is 35.5. The van der Waals surface area contributed by atoms with Crippen LogP contribution in [0.1, 0.15) is 25.8 Å². The normalized spacial score (nSPS) is 11.9. The van der Waals surface area contributed by atoms with Gasteiger partial charge in [-0.2, -0.15) is 0 Å². The zero-order valence-corrected chi connectivity index (χ0v) is 22.1. The van der Waals surface area contributed by atoms with Gasteiger partial charge in [-0.15, -0.1) is 0 Å². The number of benzene rings is 2. The molecule has 0 fully saturated rings. The number of hydrogen-bond donors (Lipinski definition) is 1. The van der Waals surface area contributed by atoms with E-state index in [2.05, 4.69) is 5.32 Å². The molecule has 0 aliphatic rings. The molecule has 11 heteroatoms. The van der Waals surface area contributed by atoms with Gasteiger partial charge in [0.2, 0.25) is 21.8 Å². The molecule has 0 aromatic heterocycles. The van der Waals surface area contributed by atoms with E-state index in [1.165, 1.54) is 25.2 Å². The molecule has 0 unspecified atom stereocenters. The highest BCUT2D eigenvalue weighted by molar-refractivity contribution is 7.92. The van der Waals surface area contributed by atoms with E-state index in [-0.39, 0.29) is 23.9 Å². The van der Waals surface area contributed by atoms with E-state index in [0.29, 0.717) is 22.9 Å². The van der Waals surface area contributed by atoms with Crippen molar-refractivity contribution in [2.75, 3.05) is 37.9 Å². The summed E-state index contributed by atoms with van der Waals surface area (Å²) < 4.78 is 37.0. The van der Waals surface area contributed by atoms with Crippen LogP contribution < -0.4 is 19.1 Å². The third kappa shape index (κ3) is 7.76. The first-order valence-electron chi connectivity index (χ1n) is 11.0. The highest BCUT2D eigenvalue weighted by Crippen LogP contribution is 2.34. The van der Waals surface area contributed by atoms with Crippen LogP contribution in [0.4, 0.5) is 5.69 Å². The lowest BCUT2D eigenvalue weighted by Crippen LogP contribution is -2.51. The van der Waals surface area contributed by atoms with E-state index in [0.717, 1.165) is 17.0 Å². The van der Waals surface area contributed by atoms with Gasteiger partial charge in [-0.3, -0.25) is 13.9 Å². The number of anilines is 1. The number of ether oxygens (including phenoxy) is 2. The molecule has 0 bridgehead atoms. The van der Waals surface area contributed by atoms with Crippen LogP contribution in [-0.2, 0) is 26.2 Å². The quantitative estimate of drug-likeness (QED) is 0.456. The summed E-state index contributed by atoms with van der Waals surface area (Å²) in [6.45, 7) is 3.50. The van der Waals surface area contributed by atoms with Crippen LogP contribution in [0.15, 0.2) is 42.5 Å². The van der Waals surface area contributed by atoms with Gasteiger partial charge < -0.3 is 19.7 Å². The maximum Gasteiger partial charge on any atom is 0.244 e. The summed E-state index contributed by atoms with van der Waals surface area (Å²) in [7, 11) is -1.06. The Hall–Kier alpha value is -2.98. The molecule has 0 saturated carbocycles. The maximum absolute atomic E-state index is 13.6. The Morgan fingerprint density at radius 2 is 1.83 bits per heavy atom. The van der Waals surface area contributed by atoms with Gasteiger partial charge in [0.25, 0.3) is 0 Å². The molecular formula is C24H32ClN3O6S. The molecule has 192 valence electrons. The molecule has 0 spiro atoms. The topological polar surface area (TPSA) is 105 Å². The van der Waals surface area contributed by atoms with Crippen molar-refractivity contribution in [3.63, 3.8) is 0 Å². The predicted molar refractivity (Wildman–Crippen MR) is 137 cm³/mol. The molecule has 0 heterocycles. The summed E-state index contributed by atoms with van der Waals surface area (Å²) >= 11 is 6.11. The molecule has 35 heavy (non-hydrogen) atoms. The lowest BCUT2D eigenvalue weighted by atomic mass is 10.1. The number of methoxy groups -OCH3 is 2. The molecule has 2 amide bonds. The lowest BCUT2D eigenvalue weighted by molar-refractivity contribution is -0.139. The number of nitrogens with zero attached hydrogens (tertiary/aromatic N) is 2. The minimum atomic E-state index is -3.92. The largest absolute Gasteiger partial charge is 0.497 e. The zero-order valence-electron chi connectivity index (χ0n) is 20.6. The second-order valence-corrected chi connectivity index (χ2v) is 10.3. The van der Waals surface area contributed by atoms with Crippen LogP contribution in [0.5, 0.6) is 11.5 Å². The average Bonchev–Trinajstić information content (AvgIpc) is 2.82. The van der Waals surface area contributed by atoms with Crippen LogP contribution >= 0.6 is 11.6 Å². The number of carbonyl (C=O) groups is 2. The number of hydrogen-bond acceptors (Lipinski definition) is 6. The molecule has 0 radical (unpaired) electrons. The Morgan fingerprint density at radius 1 is 1.11 bits per heavy atom. The lowest BCUT2D eigenvalue weighted by Gasteiger charge is -2.32. The fraction of sp³-hybridized carbons (Fsp3) is 0.417. The van der Waals surface area contributed by atoms with Crippen LogP contribution in [0, 0.1) is 0 Å². The highest BCUT2D eigenvalue weighted by Gasteiger charge is 2.31. The second-order valence-electron chi connectivity index (χ2n) is 7.93. The van der Waals surface area contributed by atoms with E-state index in [1.54, 1.807) is 43.3 Å². The Morgan fingerprint density at radius 3 is 2.40 bits per heavy atom. The van der Waals surface area contributed by atoms with Gasteiger partial charge in [0.1, 0.15) is 24.1 Å². The first kappa shape index (κ1) is 28.3. The Kier molecular flexibility index (Phi) is 10.2. The number of rotatable bonds is 12. The Balaban J connectivity index is 2.47. The van der Waals surface area contributed by atoms with Crippen molar-refractivity contribution >= 4 is 39.1 Å². The van der Waals surface area contributed by atoms with Gasteiger partial charge in [0.05, 0.1) is 26.2 Å². The number of halogens is 1. The average molecular weight is 526 g/mol. The monoisotopic (exact) mass is 525 g/mol. The minimum absolute atomic E-state index is 0.0625. The number of nitrogens with one attached hydrogen (secondary N) is 1. The number of sulfonamides is 1. The van der Waals surface area contributed by atoms with E-state index in [4.69, 9.17) is 21.1 Å². The third-order valence-electron chi connectivity index (χ3n) is 5.29. The van der Waals surface area contributed by atoms with Crippen LogP contribution in [0.3, 0.4) is 0 Å². The fourth-order valence-electron chi connectivity index (χ4n) is 3.40. The summed E-state index contributed by atoms with van der Waals surface area (Å²) in [6, 6.07) is 10.7. The smallest absolute Gasteiger partial charge is 0.244 e. The summed E-state index contributed by atoms with van der Waals surface area (Å²) in [6.07, 6.45) is 1.73. The summed E-state index contributed by atoms with van der Waals surface area (Å²) in [5.74, 6) is -0.268. The van der Waals surface area contributed by atoms with Crippen molar-refractivity contribution in [2.45, 2.75) is 32.9 Å². The van der Waals surface area contributed by atoms with Crippen molar-refractivity contribution in [3.8, 4) is 11.5 Å². The molecule has 2 rings (SSSR count).